The van der Waals surface area contributed by atoms with Gasteiger partial charge in [0.15, 0.2) is 0 Å². The number of hydrogen-bond acceptors (Lipinski definition) is 5. The van der Waals surface area contributed by atoms with Crippen molar-refractivity contribution in [2.75, 3.05) is 13.1 Å². The van der Waals surface area contributed by atoms with E-state index in [4.69, 9.17) is 0 Å². The van der Waals surface area contributed by atoms with Gasteiger partial charge >= 0.3 is 5.51 Å². The van der Waals surface area contributed by atoms with Gasteiger partial charge < -0.3 is 4.90 Å². The fraction of sp³-hybridized carbons (Fsp3) is 0.333. The Morgan fingerprint density at radius 1 is 1.13 bits per heavy atom. The van der Waals surface area contributed by atoms with E-state index in [1.807, 2.05) is 0 Å². The standard InChI is InChI=1S/C18H17F4N3O3S2/c19-12-3-5-14(6-4-12)30(27,28)24-13-7-10-25(11-8-13)17(26)15-2-1-9-23-16(15)29-18(20,21)22/h1-6,9,13,24H,7-8,10-11H2. The molecule has 0 atom stereocenters. The first-order valence-electron chi connectivity index (χ1n) is 8.83. The van der Waals surface area contributed by atoms with Crippen LogP contribution in [0, 0.1) is 5.82 Å². The highest BCUT2D eigenvalue weighted by Crippen LogP contribution is 2.37. The van der Waals surface area contributed by atoms with E-state index in [-0.39, 0.29) is 36.4 Å². The molecule has 12 heteroatoms. The number of aromatic nitrogens is 1. The first-order chi connectivity index (χ1) is 14.0. The van der Waals surface area contributed by atoms with Crippen LogP contribution in [0.1, 0.15) is 23.2 Å². The maximum Gasteiger partial charge on any atom is 0.447 e. The quantitative estimate of drug-likeness (QED) is 0.543. The Hall–Kier alpha value is -2.18. The molecule has 0 aliphatic carbocycles. The van der Waals surface area contributed by atoms with Crippen molar-refractivity contribution in [2.24, 2.45) is 0 Å². The largest absolute Gasteiger partial charge is 0.447 e. The number of amides is 1. The average molecular weight is 463 g/mol. The highest BCUT2D eigenvalue weighted by Gasteiger charge is 2.34. The van der Waals surface area contributed by atoms with E-state index >= 15 is 0 Å². The van der Waals surface area contributed by atoms with Crippen LogP contribution in [-0.4, -0.2) is 48.8 Å². The summed E-state index contributed by atoms with van der Waals surface area (Å²) in [5.41, 5.74) is -4.72. The number of piperidine rings is 1. The molecule has 1 saturated heterocycles. The molecule has 1 aliphatic rings. The first kappa shape index (κ1) is 22.5. The Morgan fingerprint density at radius 3 is 2.37 bits per heavy atom. The van der Waals surface area contributed by atoms with Gasteiger partial charge in [-0.25, -0.2) is 22.5 Å². The second-order valence-electron chi connectivity index (χ2n) is 6.55. The van der Waals surface area contributed by atoms with Gasteiger partial charge in [0.1, 0.15) is 10.8 Å². The lowest BCUT2D eigenvalue weighted by Gasteiger charge is -2.32. The predicted molar refractivity (Wildman–Crippen MR) is 102 cm³/mol. The summed E-state index contributed by atoms with van der Waals surface area (Å²) in [4.78, 5) is 17.6. The smallest absolute Gasteiger partial charge is 0.338 e. The van der Waals surface area contributed by atoms with E-state index in [9.17, 15) is 30.8 Å². The van der Waals surface area contributed by atoms with Crippen molar-refractivity contribution >= 4 is 27.7 Å². The molecule has 3 rings (SSSR count). The van der Waals surface area contributed by atoms with Gasteiger partial charge in [0.25, 0.3) is 5.91 Å². The van der Waals surface area contributed by atoms with Gasteiger partial charge in [-0.05, 0) is 49.2 Å². The predicted octanol–water partition coefficient (Wildman–Crippen LogP) is 3.42. The Balaban J connectivity index is 1.63. The second kappa shape index (κ2) is 8.90. The van der Waals surface area contributed by atoms with Gasteiger partial charge in [-0.3, -0.25) is 4.79 Å². The highest BCUT2D eigenvalue weighted by atomic mass is 32.2. The molecular weight excluding hydrogens is 446 g/mol. The summed E-state index contributed by atoms with van der Waals surface area (Å²) in [6.07, 6.45) is 1.75. The summed E-state index contributed by atoms with van der Waals surface area (Å²) < 4.78 is 78.4. The number of hydrogen-bond donors (Lipinski definition) is 1. The van der Waals surface area contributed by atoms with Crippen LogP contribution < -0.4 is 4.72 Å². The van der Waals surface area contributed by atoms with E-state index < -0.39 is 50.1 Å². The summed E-state index contributed by atoms with van der Waals surface area (Å²) in [5, 5.41) is -0.422. The fourth-order valence-electron chi connectivity index (χ4n) is 3.02. The minimum atomic E-state index is -4.57. The number of rotatable bonds is 5. The summed E-state index contributed by atoms with van der Waals surface area (Å²) in [7, 11) is -3.85. The molecule has 30 heavy (non-hydrogen) atoms. The minimum absolute atomic E-state index is 0.0772. The van der Waals surface area contributed by atoms with E-state index in [1.54, 1.807) is 0 Å². The van der Waals surface area contributed by atoms with Crippen LogP contribution >= 0.6 is 11.8 Å². The molecule has 6 nitrogen and oxygen atoms in total. The third kappa shape index (κ3) is 5.70. The Bertz CT molecular complexity index is 1010. The van der Waals surface area contributed by atoms with Gasteiger partial charge in [-0.1, -0.05) is 0 Å². The number of halogens is 4. The zero-order chi connectivity index (χ0) is 21.9. The average Bonchev–Trinajstić information content (AvgIpc) is 2.67. The molecule has 0 saturated carbocycles. The van der Waals surface area contributed by atoms with Crippen LogP contribution in [0.3, 0.4) is 0 Å². The van der Waals surface area contributed by atoms with Crippen molar-refractivity contribution in [3.63, 3.8) is 0 Å². The lowest BCUT2D eigenvalue weighted by molar-refractivity contribution is -0.0329. The van der Waals surface area contributed by atoms with Crippen molar-refractivity contribution in [2.45, 2.75) is 34.3 Å². The molecule has 1 fully saturated rings. The molecule has 0 unspecified atom stereocenters. The van der Waals surface area contributed by atoms with Crippen molar-refractivity contribution in [1.82, 2.24) is 14.6 Å². The lowest BCUT2D eigenvalue weighted by atomic mass is 10.1. The number of thioether (sulfide) groups is 1. The number of pyridine rings is 1. The molecule has 0 radical (unpaired) electrons. The molecule has 2 aromatic rings. The van der Waals surface area contributed by atoms with Crippen molar-refractivity contribution < 1.29 is 30.8 Å². The number of nitrogens with one attached hydrogen (secondary N) is 1. The number of carbonyl (C=O) groups is 1. The molecule has 1 aromatic carbocycles. The van der Waals surface area contributed by atoms with Crippen LogP contribution in [0.15, 0.2) is 52.5 Å². The van der Waals surface area contributed by atoms with Crippen molar-refractivity contribution in [3.8, 4) is 0 Å². The SMILES string of the molecule is O=C(c1cccnc1SC(F)(F)F)N1CCC(NS(=O)(=O)c2ccc(F)cc2)CC1. The summed E-state index contributed by atoms with van der Waals surface area (Å²) in [6, 6.07) is 6.60. The topological polar surface area (TPSA) is 79.4 Å². The monoisotopic (exact) mass is 463 g/mol. The molecule has 1 N–H and O–H groups in total. The zero-order valence-electron chi connectivity index (χ0n) is 15.4. The van der Waals surface area contributed by atoms with E-state index in [0.29, 0.717) is 0 Å². The Labute approximate surface area is 174 Å². The van der Waals surface area contributed by atoms with Gasteiger partial charge in [0.05, 0.1) is 10.5 Å². The maximum atomic E-state index is 13.0. The number of carbonyl (C=O) groups excluding carboxylic acids is 1. The minimum Gasteiger partial charge on any atom is -0.338 e. The van der Waals surface area contributed by atoms with Crippen LogP contribution in [0.5, 0.6) is 0 Å². The van der Waals surface area contributed by atoms with Crippen LogP contribution in [0.2, 0.25) is 0 Å². The van der Waals surface area contributed by atoms with Crippen LogP contribution in [0.25, 0.3) is 0 Å². The molecule has 0 bridgehead atoms. The van der Waals surface area contributed by atoms with Gasteiger partial charge in [-0.15, -0.1) is 0 Å². The second-order valence-corrected chi connectivity index (χ2v) is 9.31. The van der Waals surface area contributed by atoms with Gasteiger partial charge in [0.2, 0.25) is 10.0 Å². The highest BCUT2D eigenvalue weighted by molar-refractivity contribution is 8.00. The normalized spacial score (nSPS) is 15.9. The Morgan fingerprint density at radius 2 is 1.77 bits per heavy atom. The summed E-state index contributed by atoms with van der Waals surface area (Å²) in [6.45, 7) is 0.334. The van der Waals surface area contributed by atoms with Crippen LogP contribution in [0.4, 0.5) is 17.6 Å². The number of likely N-dealkylation sites (tertiary alicyclic amines) is 1. The first-order valence-corrected chi connectivity index (χ1v) is 11.1. The van der Waals surface area contributed by atoms with E-state index in [2.05, 4.69) is 9.71 Å². The molecule has 2 heterocycles. The zero-order valence-corrected chi connectivity index (χ0v) is 17.0. The molecule has 1 aromatic heterocycles. The van der Waals surface area contributed by atoms with Crippen molar-refractivity contribution in [1.29, 1.82) is 0 Å². The fourth-order valence-corrected chi connectivity index (χ4v) is 4.92. The third-order valence-electron chi connectivity index (χ3n) is 4.44. The Kier molecular flexibility index (Phi) is 6.68. The molecule has 1 amide bonds. The third-order valence-corrected chi connectivity index (χ3v) is 6.73. The summed E-state index contributed by atoms with van der Waals surface area (Å²) in [5.74, 6) is -1.14. The number of benzene rings is 1. The number of sulfonamides is 1. The molecular formula is C18H17F4N3O3S2. The van der Waals surface area contributed by atoms with Gasteiger partial charge in [0, 0.05) is 37.1 Å². The van der Waals surface area contributed by atoms with Crippen LogP contribution in [-0.2, 0) is 10.0 Å². The number of nitrogens with zero attached hydrogens (tertiary/aromatic N) is 2. The number of alkyl halides is 3. The van der Waals surface area contributed by atoms with E-state index in [1.165, 1.54) is 23.2 Å². The van der Waals surface area contributed by atoms with E-state index in [0.717, 1.165) is 24.3 Å². The maximum absolute atomic E-state index is 13.0. The lowest BCUT2D eigenvalue weighted by Crippen LogP contribution is -2.46. The molecule has 162 valence electrons. The van der Waals surface area contributed by atoms with Gasteiger partial charge in [-0.2, -0.15) is 13.2 Å². The van der Waals surface area contributed by atoms with Crippen molar-refractivity contribution in [3.05, 3.63) is 54.0 Å². The molecule has 1 aliphatic heterocycles. The molecule has 0 spiro atoms. The summed E-state index contributed by atoms with van der Waals surface area (Å²) >= 11 is -0.450.